The minimum atomic E-state index is -3.40. The van der Waals surface area contributed by atoms with E-state index in [1.165, 1.54) is 7.11 Å². The first-order valence-corrected chi connectivity index (χ1v) is 7.17. The number of ether oxygens (including phenoxy) is 1. The number of nitrogens with two attached hydrogens (primary N) is 1. The standard InChI is InChI=1S/C11H17N3O4S/c1-18-6-7-19(16,17)14-10-4-2-9(3-5-10)8-11(12)13-15/h2-5,14-15H,6-8H2,1H3,(H2,12,13). The molecule has 1 rings (SSSR count). The fourth-order valence-corrected chi connectivity index (χ4v) is 2.34. The number of nitrogens with zero attached hydrogens (tertiary/aromatic N) is 1. The van der Waals surface area contributed by atoms with Gasteiger partial charge in [-0.25, -0.2) is 8.42 Å². The summed E-state index contributed by atoms with van der Waals surface area (Å²) < 4.78 is 30.4. The van der Waals surface area contributed by atoms with Crippen molar-refractivity contribution in [3.63, 3.8) is 0 Å². The van der Waals surface area contributed by atoms with Gasteiger partial charge in [-0.3, -0.25) is 4.72 Å². The second-order valence-corrected chi connectivity index (χ2v) is 5.72. The summed E-state index contributed by atoms with van der Waals surface area (Å²) in [5.74, 6) is -0.0107. The van der Waals surface area contributed by atoms with Crippen LogP contribution in [0, 0.1) is 0 Å². The molecule has 0 atom stereocenters. The van der Waals surface area contributed by atoms with Crippen LogP contribution in [0.5, 0.6) is 0 Å². The first kappa shape index (κ1) is 15.3. The number of rotatable bonds is 7. The van der Waals surface area contributed by atoms with Gasteiger partial charge in [-0.05, 0) is 17.7 Å². The normalized spacial score (nSPS) is 12.4. The van der Waals surface area contributed by atoms with Crippen molar-refractivity contribution < 1.29 is 18.4 Å². The summed E-state index contributed by atoms with van der Waals surface area (Å²) >= 11 is 0. The largest absolute Gasteiger partial charge is 0.409 e. The summed E-state index contributed by atoms with van der Waals surface area (Å²) in [5, 5.41) is 11.3. The third kappa shape index (κ3) is 5.58. The monoisotopic (exact) mass is 287 g/mol. The van der Waals surface area contributed by atoms with E-state index < -0.39 is 10.0 Å². The van der Waals surface area contributed by atoms with Gasteiger partial charge >= 0.3 is 0 Å². The van der Waals surface area contributed by atoms with Gasteiger partial charge in [0.25, 0.3) is 0 Å². The second-order valence-electron chi connectivity index (χ2n) is 3.88. The Morgan fingerprint density at radius 3 is 2.58 bits per heavy atom. The molecule has 0 aliphatic rings. The van der Waals surface area contributed by atoms with Crippen molar-refractivity contribution in [1.29, 1.82) is 0 Å². The second kappa shape index (κ2) is 6.95. The van der Waals surface area contributed by atoms with Gasteiger partial charge < -0.3 is 15.7 Å². The first-order chi connectivity index (χ1) is 8.96. The molecular formula is C11H17N3O4S. The summed E-state index contributed by atoms with van der Waals surface area (Å²) in [7, 11) is -1.96. The summed E-state index contributed by atoms with van der Waals surface area (Å²) in [6.07, 6.45) is 0.299. The van der Waals surface area contributed by atoms with E-state index in [4.69, 9.17) is 15.7 Å². The van der Waals surface area contributed by atoms with Crippen molar-refractivity contribution in [2.75, 3.05) is 24.2 Å². The average molecular weight is 287 g/mol. The molecule has 0 aliphatic heterocycles. The molecule has 0 saturated heterocycles. The minimum absolute atomic E-state index is 0.0911. The predicted molar refractivity (Wildman–Crippen MR) is 72.8 cm³/mol. The van der Waals surface area contributed by atoms with Crippen LogP contribution >= 0.6 is 0 Å². The molecule has 4 N–H and O–H groups in total. The molecule has 0 aromatic heterocycles. The van der Waals surface area contributed by atoms with Crippen LogP contribution in [0.2, 0.25) is 0 Å². The lowest BCUT2D eigenvalue weighted by Gasteiger charge is -2.08. The Morgan fingerprint density at radius 2 is 2.05 bits per heavy atom. The van der Waals surface area contributed by atoms with E-state index in [0.717, 1.165) is 5.56 Å². The van der Waals surface area contributed by atoms with Crippen LogP contribution in [0.1, 0.15) is 5.56 Å². The van der Waals surface area contributed by atoms with Gasteiger partial charge in [0.2, 0.25) is 10.0 Å². The number of oxime groups is 1. The number of anilines is 1. The maximum atomic E-state index is 11.6. The molecule has 0 aliphatic carbocycles. The topological polar surface area (TPSA) is 114 Å². The van der Waals surface area contributed by atoms with Crippen LogP contribution in [0.4, 0.5) is 5.69 Å². The fourth-order valence-electron chi connectivity index (χ4n) is 1.36. The third-order valence-electron chi connectivity index (χ3n) is 2.30. The van der Waals surface area contributed by atoms with E-state index in [1.807, 2.05) is 0 Å². The van der Waals surface area contributed by atoms with E-state index in [1.54, 1.807) is 24.3 Å². The van der Waals surface area contributed by atoms with E-state index in [-0.39, 0.29) is 18.2 Å². The fraction of sp³-hybridized carbons (Fsp3) is 0.364. The predicted octanol–water partition coefficient (Wildman–Crippen LogP) is 0.364. The highest BCUT2D eigenvalue weighted by atomic mass is 32.2. The van der Waals surface area contributed by atoms with Gasteiger partial charge in [-0.2, -0.15) is 0 Å². The van der Waals surface area contributed by atoms with Crippen LogP contribution in [-0.4, -0.2) is 38.9 Å². The van der Waals surface area contributed by atoms with E-state index >= 15 is 0 Å². The van der Waals surface area contributed by atoms with E-state index in [9.17, 15) is 8.42 Å². The third-order valence-corrected chi connectivity index (χ3v) is 3.55. The Hall–Kier alpha value is -1.80. The first-order valence-electron chi connectivity index (χ1n) is 5.51. The number of amidine groups is 1. The van der Waals surface area contributed by atoms with Crippen LogP contribution in [0.25, 0.3) is 0 Å². The van der Waals surface area contributed by atoms with Crippen LogP contribution in [0.15, 0.2) is 29.4 Å². The molecule has 7 nitrogen and oxygen atoms in total. The van der Waals surface area contributed by atoms with Crippen molar-refractivity contribution >= 4 is 21.5 Å². The Kier molecular flexibility index (Phi) is 5.58. The molecule has 0 fully saturated rings. The number of benzene rings is 1. The average Bonchev–Trinajstić information content (AvgIpc) is 2.38. The van der Waals surface area contributed by atoms with Crippen molar-refractivity contribution in [3.05, 3.63) is 29.8 Å². The van der Waals surface area contributed by atoms with Gasteiger partial charge in [0.1, 0.15) is 5.84 Å². The molecule has 0 heterocycles. The molecule has 0 spiro atoms. The highest BCUT2D eigenvalue weighted by Crippen LogP contribution is 2.12. The lowest BCUT2D eigenvalue weighted by molar-refractivity contribution is 0.217. The molecule has 0 radical (unpaired) electrons. The van der Waals surface area contributed by atoms with Crippen molar-refractivity contribution in [2.45, 2.75) is 6.42 Å². The summed E-state index contributed by atoms with van der Waals surface area (Å²) in [6.45, 7) is 0.136. The van der Waals surface area contributed by atoms with Gasteiger partial charge in [-0.15, -0.1) is 0 Å². The van der Waals surface area contributed by atoms with Crippen LogP contribution in [0.3, 0.4) is 0 Å². The van der Waals surface area contributed by atoms with Crippen LogP contribution < -0.4 is 10.5 Å². The SMILES string of the molecule is COCCS(=O)(=O)Nc1ccc(CC(N)=NO)cc1. The molecule has 0 amide bonds. The molecule has 0 unspecified atom stereocenters. The van der Waals surface area contributed by atoms with Crippen molar-refractivity contribution in [1.82, 2.24) is 0 Å². The van der Waals surface area contributed by atoms with E-state index in [0.29, 0.717) is 12.1 Å². The lowest BCUT2D eigenvalue weighted by atomic mass is 10.1. The quantitative estimate of drug-likeness (QED) is 0.290. The maximum absolute atomic E-state index is 11.6. The van der Waals surface area contributed by atoms with Crippen molar-refractivity contribution in [2.24, 2.45) is 10.9 Å². The zero-order valence-electron chi connectivity index (χ0n) is 10.5. The van der Waals surface area contributed by atoms with Crippen molar-refractivity contribution in [3.8, 4) is 0 Å². The molecule has 0 bridgehead atoms. The molecule has 1 aromatic rings. The van der Waals surface area contributed by atoms with Crippen LogP contribution in [-0.2, 0) is 21.2 Å². The smallest absolute Gasteiger partial charge is 0.234 e. The molecule has 106 valence electrons. The van der Waals surface area contributed by atoms with Gasteiger partial charge in [0.15, 0.2) is 0 Å². The van der Waals surface area contributed by atoms with Gasteiger partial charge in [0, 0.05) is 19.2 Å². The molecule has 8 heteroatoms. The Morgan fingerprint density at radius 1 is 1.42 bits per heavy atom. The number of methoxy groups -OCH3 is 1. The maximum Gasteiger partial charge on any atom is 0.234 e. The lowest BCUT2D eigenvalue weighted by Crippen LogP contribution is -2.19. The summed E-state index contributed by atoms with van der Waals surface area (Å²) in [4.78, 5) is 0. The highest BCUT2D eigenvalue weighted by Gasteiger charge is 2.09. The number of nitrogens with one attached hydrogen (secondary N) is 1. The minimum Gasteiger partial charge on any atom is -0.409 e. The number of hydrogen-bond acceptors (Lipinski definition) is 5. The van der Waals surface area contributed by atoms with Gasteiger partial charge in [0.05, 0.1) is 12.4 Å². The highest BCUT2D eigenvalue weighted by molar-refractivity contribution is 7.92. The Balaban J connectivity index is 2.67. The number of sulfonamides is 1. The molecular weight excluding hydrogens is 270 g/mol. The summed E-state index contributed by atoms with van der Waals surface area (Å²) in [6, 6.07) is 6.63. The zero-order chi connectivity index (χ0) is 14.3. The van der Waals surface area contributed by atoms with E-state index in [2.05, 4.69) is 9.88 Å². The molecule has 19 heavy (non-hydrogen) atoms. The molecule has 0 saturated carbocycles. The number of hydrogen-bond donors (Lipinski definition) is 3. The Labute approximate surface area is 112 Å². The molecule has 1 aromatic carbocycles. The Bertz CT molecular complexity index is 525. The zero-order valence-corrected chi connectivity index (χ0v) is 11.4. The summed E-state index contributed by atoms with van der Waals surface area (Å²) in [5.41, 5.74) is 6.65. The van der Waals surface area contributed by atoms with Gasteiger partial charge in [-0.1, -0.05) is 17.3 Å².